The second kappa shape index (κ2) is 5.22. The summed E-state index contributed by atoms with van der Waals surface area (Å²) < 4.78 is 5.40. The Morgan fingerprint density at radius 1 is 1.00 bits per heavy atom. The number of nitrogens with zero attached hydrogens (tertiary/aromatic N) is 2. The van der Waals surface area contributed by atoms with Crippen molar-refractivity contribution >= 4 is 16.7 Å². The first kappa shape index (κ1) is 12.4. The van der Waals surface area contributed by atoms with Gasteiger partial charge in [0.15, 0.2) is 0 Å². The van der Waals surface area contributed by atoms with Gasteiger partial charge >= 0.3 is 0 Å². The quantitative estimate of drug-likeness (QED) is 0.784. The monoisotopic (exact) mass is 279 g/mol. The predicted octanol–water partition coefficient (Wildman–Crippen LogP) is 3.07. The maximum Gasteiger partial charge on any atom is 0.137 e. The molecule has 106 valence electrons. The lowest BCUT2D eigenvalue weighted by Crippen LogP contribution is -2.36. The van der Waals surface area contributed by atoms with Gasteiger partial charge in [0, 0.05) is 36.6 Å². The number of pyridine rings is 1. The molecule has 3 heterocycles. The minimum atomic E-state index is 0.816. The van der Waals surface area contributed by atoms with Crippen molar-refractivity contribution in [3.8, 4) is 11.1 Å². The van der Waals surface area contributed by atoms with E-state index in [1.165, 1.54) is 16.8 Å². The number of benzene rings is 1. The van der Waals surface area contributed by atoms with E-state index in [1.54, 1.807) is 0 Å². The van der Waals surface area contributed by atoms with E-state index in [2.05, 4.69) is 51.3 Å². The topological polar surface area (TPSA) is 41.1 Å². The number of aromatic nitrogens is 2. The van der Waals surface area contributed by atoms with Crippen molar-refractivity contribution in [2.45, 2.75) is 0 Å². The molecule has 1 saturated heterocycles. The van der Waals surface area contributed by atoms with E-state index in [1.807, 2.05) is 12.4 Å². The molecule has 1 aromatic carbocycles. The molecule has 0 radical (unpaired) electrons. The average Bonchev–Trinajstić information content (AvgIpc) is 3.04. The van der Waals surface area contributed by atoms with E-state index < -0.39 is 0 Å². The summed E-state index contributed by atoms with van der Waals surface area (Å²) in [5, 5.41) is 1.16. The molecule has 1 N–H and O–H groups in total. The fourth-order valence-electron chi connectivity index (χ4n) is 2.89. The first-order valence-electron chi connectivity index (χ1n) is 7.27. The van der Waals surface area contributed by atoms with Crippen molar-refractivity contribution in [3.63, 3.8) is 0 Å². The van der Waals surface area contributed by atoms with Crippen LogP contribution in [0.4, 0.5) is 5.69 Å². The molecule has 4 heteroatoms. The molecular formula is C17H17N3O. The van der Waals surface area contributed by atoms with Crippen molar-refractivity contribution in [2.75, 3.05) is 31.2 Å². The van der Waals surface area contributed by atoms with Crippen LogP contribution in [0.3, 0.4) is 0 Å². The van der Waals surface area contributed by atoms with Crippen molar-refractivity contribution < 1.29 is 4.74 Å². The zero-order chi connectivity index (χ0) is 14.1. The Kier molecular flexibility index (Phi) is 3.09. The van der Waals surface area contributed by atoms with Gasteiger partial charge in [-0.05, 0) is 35.4 Å². The number of hydrogen-bond acceptors (Lipinski definition) is 3. The Hall–Kier alpha value is -2.33. The van der Waals surface area contributed by atoms with E-state index in [0.29, 0.717) is 0 Å². The summed E-state index contributed by atoms with van der Waals surface area (Å²) >= 11 is 0. The van der Waals surface area contributed by atoms with Crippen LogP contribution in [0.25, 0.3) is 22.2 Å². The number of H-pyrrole nitrogens is 1. The van der Waals surface area contributed by atoms with Crippen LogP contribution >= 0.6 is 0 Å². The van der Waals surface area contributed by atoms with Gasteiger partial charge in [-0.25, -0.2) is 4.98 Å². The van der Waals surface area contributed by atoms with Crippen LogP contribution in [0.5, 0.6) is 0 Å². The van der Waals surface area contributed by atoms with Crippen LogP contribution < -0.4 is 4.90 Å². The molecule has 0 unspecified atom stereocenters. The first-order chi connectivity index (χ1) is 10.4. The number of morpholine rings is 1. The Bertz CT molecular complexity index is 742. The van der Waals surface area contributed by atoms with Gasteiger partial charge in [0.25, 0.3) is 0 Å². The Morgan fingerprint density at radius 2 is 1.81 bits per heavy atom. The van der Waals surface area contributed by atoms with Crippen molar-refractivity contribution in [1.29, 1.82) is 0 Å². The second-order valence-corrected chi connectivity index (χ2v) is 5.24. The van der Waals surface area contributed by atoms with Gasteiger partial charge in [0.1, 0.15) is 5.65 Å². The largest absolute Gasteiger partial charge is 0.378 e. The van der Waals surface area contributed by atoms with Crippen LogP contribution in [0, 0.1) is 0 Å². The zero-order valence-electron chi connectivity index (χ0n) is 11.7. The smallest absolute Gasteiger partial charge is 0.137 e. The fraction of sp³-hybridized carbons (Fsp3) is 0.235. The number of anilines is 1. The van der Waals surface area contributed by atoms with Gasteiger partial charge in [0.05, 0.1) is 13.2 Å². The summed E-state index contributed by atoms with van der Waals surface area (Å²) in [5.74, 6) is 0. The van der Waals surface area contributed by atoms with E-state index >= 15 is 0 Å². The van der Waals surface area contributed by atoms with Crippen LogP contribution in [0.1, 0.15) is 0 Å². The van der Waals surface area contributed by atoms with Gasteiger partial charge in [-0.2, -0.15) is 0 Å². The van der Waals surface area contributed by atoms with Crippen molar-refractivity contribution in [3.05, 3.63) is 48.8 Å². The van der Waals surface area contributed by atoms with Crippen molar-refractivity contribution in [2.24, 2.45) is 0 Å². The number of fused-ring (bicyclic) bond motifs is 1. The standard InChI is InChI=1S/C17H17N3O/c1-3-14(20-9-11-21-12-10-20)4-2-13(1)15-5-7-18-17-16(15)6-8-19-17/h1-8H,9-12H2,(H,18,19). The third kappa shape index (κ3) is 2.28. The van der Waals surface area contributed by atoms with Gasteiger partial charge in [0.2, 0.25) is 0 Å². The van der Waals surface area contributed by atoms with Gasteiger partial charge < -0.3 is 14.6 Å². The highest BCUT2D eigenvalue weighted by Gasteiger charge is 2.11. The van der Waals surface area contributed by atoms with E-state index in [0.717, 1.165) is 37.3 Å². The zero-order valence-corrected chi connectivity index (χ0v) is 11.7. The highest BCUT2D eigenvalue weighted by molar-refractivity contribution is 5.92. The second-order valence-electron chi connectivity index (χ2n) is 5.24. The molecule has 0 saturated carbocycles. The summed E-state index contributed by atoms with van der Waals surface area (Å²) in [6, 6.07) is 12.9. The average molecular weight is 279 g/mol. The SMILES string of the molecule is c1cc(-c2ccc(N3CCOCC3)cc2)c2cc[nH]c2n1. The summed E-state index contributed by atoms with van der Waals surface area (Å²) in [4.78, 5) is 9.87. The molecule has 1 aliphatic rings. The highest BCUT2D eigenvalue weighted by atomic mass is 16.5. The minimum absolute atomic E-state index is 0.816. The predicted molar refractivity (Wildman–Crippen MR) is 84.6 cm³/mol. The molecule has 0 spiro atoms. The molecule has 21 heavy (non-hydrogen) atoms. The first-order valence-corrected chi connectivity index (χ1v) is 7.27. The van der Waals surface area contributed by atoms with Crippen LogP contribution in [-0.4, -0.2) is 36.3 Å². The van der Waals surface area contributed by atoms with Crippen LogP contribution in [0.2, 0.25) is 0 Å². The molecule has 0 atom stereocenters. The minimum Gasteiger partial charge on any atom is -0.378 e. The number of nitrogens with one attached hydrogen (secondary N) is 1. The fourth-order valence-corrected chi connectivity index (χ4v) is 2.89. The highest BCUT2D eigenvalue weighted by Crippen LogP contribution is 2.28. The molecule has 1 aliphatic heterocycles. The lowest BCUT2D eigenvalue weighted by atomic mass is 10.0. The molecule has 0 aliphatic carbocycles. The van der Waals surface area contributed by atoms with E-state index in [9.17, 15) is 0 Å². The molecule has 4 nitrogen and oxygen atoms in total. The Balaban J connectivity index is 1.68. The number of rotatable bonds is 2. The Labute approximate surface area is 123 Å². The molecule has 0 bridgehead atoms. The summed E-state index contributed by atoms with van der Waals surface area (Å²) in [7, 11) is 0. The van der Waals surface area contributed by atoms with Crippen LogP contribution in [0.15, 0.2) is 48.8 Å². The summed E-state index contributed by atoms with van der Waals surface area (Å²) in [6.07, 6.45) is 3.79. The molecule has 0 amide bonds. The molecule has 2 aromatic heterocycles. The number of hydrogen-bond donors (Lipinski definition) is 1. The molecule has 4 rings (SSSR count). The van der Waals surface area contributed by atoms with Crippen LogP contribution in [-0.2, 0) is 4.74 Å². The third-order valence-electron chi connectivity index (χ3n) is 4.01. The van der Waals surface area contributed by atoms with Gasteiger partial charge in [-0.1, -0.05) is 12.1 Å². The normalized spacial score (nSPS) is 15.5. The number of aromatic amines is 1. The van der Waals surface area contributed by atoms with Crippen molar-refractivity contribution in [1.82, 2.24) is 9.97 Å². The summed E-state index contributed by atoms with van der Waals surface area (Å²) in [5.41, 5.74) is 4.64. The lowest BCUT2D eigenvalue weighted by molar-refractivity contribution is 0.122. The molecular weight excluding hydrogens is 262 g/mol. The third-order valence-corrected chi connectivity index (χ3v) is 4.01. The summed E-state index contributed by atoms with van der Waals surface area (Å²) in [6.45, 7) is 3.57. The molecule has 3 aromatic rings. The number of ether oxygens (including phenoxy) is 1. The van der Waals surface area contributed by atoms with Gasteiger partial charge in [-0.3, -0.25) is 0 Å². The van der Waals surface area contributed by atoms with Gasteiger partial charge in [-0.15, -0.1) is 0 Å². The molecule has 1 fully saturated rings. The Morgan fingerprint density at radius 3 is 2.62 bits per heavy atom. The lowest BCUT2D eigenvalue weighted by Gasteiger charge is -2.28. The van der Waals surface area contributed by atoms with E-state index in [-0.39, 0.29) is 0 Å². The maximum atomic E-state index is 5.40. The maximum absolute atomic E-state index is 5.40. The van der Waals surface area contributed by atoms with E-state index in [4.69, 9.17) is 4.74 Å².